The molecule has 2 unspecified atom stereocenters. The van der Waals surface area contributed by atoms with Crippen LogP contribution in [0.1, 0.15) is 68.3 Å². The molecule has 1 aliphatic rings. The highest BCUT2D eigenvalue weighted by Crippen LogP contribution is 2.37. The lowest BCUT2D eigenvalue weighted by molar-refractivity contribution is 0.334. The smallest absolute Gasteiger partial charge is 0.106 e. The van der Waals surface area contributed by atoms with Gasteiger partial charge in [-0.3, -0.25) is 0 Å². The van der Waals surface area contributed by atoms with Gasteiger partial charge < -0.3 is 9.88 Å². The number of hydrogen-bond acceptors (Lipinski definition) is 2. The lowest BCUT2D eigenvalue weighted by atomic mass is 9.77. The molecule has 0 amide bonds. The molecule has 0 spiro atoms. The Morgan fingerprint density at radius 3 is 2.41 bits per heavy atom. The summed E-state index contributed by atoms with van der Waals surface area (Å²) in [6, 6.07) is 24.9. The topological polar surface area (TPSA) is 29.9 Å². The Bertz CT molecular complexity index is 1250. The van der Waals surface area contributed by atoms with E-state index in [1.807, 2.05) is 0 Å². The summed E-state index contributed by atoms with van der Waals surface area (Å²) in [5, 5.41) is 3.70. The number of aryl methyl sites for hydroxylation is 2. The van der Waals surface area contributed by atoms with Gasteiger partial charge in [0, 0.05) is 19.3 Å². The zero-order chi connectivity index (χ0) is 23.7. The van der Waals surface area contributed by atoms with Crippen LogP contribution in [0.15, 0.2) is 66.7 Å². The van der Waals surface area contributed by atoms with Crippen molar-refractivity contribution in [3.05, 3.63) is 83.7 Å². The van der Waals surface area contributed by atoms with Crippen molar-refractivity contribution in [2.45, 2.75) is 58.3 Å². The van der Waals surface area contributed by atoms with E-state index in [-0.39, 0.29) is 0 Å². The van der Waals surface area contributed by atoms with Crippen molar-refractivity contribution in [1.82, 2.24) is 9.55 Å². The molecule has 3 nitrogen and oxygen atoms in total. The molecule has 3 aromatic carbocycles. The minimum Gasteiger partial charge on any atom is -0.385 e. The average Bonchev–Trinajstić information content (AvgIpc) is 3.16. The molecule has 1 aromatic heterocycles. The van der Waals surface area contributed by atoms with Crippen molar-refractivity contribution in [3.63, 3.8) is 0 Å². The van der Waals surface area contributed by atoms with E-state index in [1.54, 1.807) is 0 Å². The van der Waals surface area contributed by atoms with Crippen LogP contribution in [0.25, 0.3) is 22.2 Å². The highest BCUT2D eigenvalue weighted by Gasteiger charge is 2.23. The third kappa shape index (κ3) is 4.75. The van der Waals surface area contributed by atoms with Crippen molar-refractivity contribution >= 4 is 16.7 Å². The summed E-state index contributed by atoms with van der Waals surface area (Å²) in [5.41, 5.74) is 8.92. The van der Waals surface area contributed by atoms with Crippen LogP contribution in [0.4, 0.5) is 5.69 Å². The third-order valence-corrected chi connectivity index (χ3v) is 7.77. The number of hydrogen-bond donors (Lipinski definition) is 1. The maximum atomic E-state index is 4.71. The fourth-order valence-corrected chi connectivity index (χ4v) is 5.47. The number of rotatable bonds is 6. The van der Waals surface area contributed by atoms with Crippen LogP contribution >= 0.6 is 0 Å². The normalized spacial score (nSPS) is 18.5. The van der Waals surface area contributed by atoms with Crippen LogP contribution in [-0.2, 0) is 7.05 Å². The Kier molecular flexibility index (Phi) is 6.45. The fourth-order valence-electron chi connectivity index (χ4n) is 5.47. The Morgan fingerprint density at radius 2 is 1.68 bits per heavy atom. The molecule has 5 rings (SSSR count). The Hall–Kier alpha value is -3.07. The molecule has 1 heterocycles. The molecule has 176 valence electrons. The number of fused-ring (bicyclic) bond motifs is 1. The summed E-state index contributed by atoms with van der Waals surface area (Å²) in [6.45, 7) is 7.62. The van der Waals surface area contributed by atoms with Crippen LogP contribution in [0, 0.1) is 12.8 Å². The summed E-state index contributed by atoms with van der Waals surface area (Å²) >= 11 is 0. The van der Waals surface area contributed by atoms with Gasteiger partial charge in [0.15, 0.2) is 0 Å². The van der Waals surface area contributed by atoms with E-state index in [4.69, 9.17) is 4.98 Å². The molecule has 0 bridgehead atoms. The molecular weight excluding hydrogens is 414 g/mol. The third-order valence-electron chi connectivity index (χ3n) is 7.77. The van der Waals surface area contributed by atoms with Crippen LogP contribution in [0.5, 0.6) is 0 Å². The van der Waals surface area contributed by atoms with Crippen molar-refractivity contribution in [1.29, 1.82) is 0 Å². The predicted molar refractivity (Wildman–Crippen MR) is 145 cm³/mol. The average molecular weight is 452 g/mol. The van der Waals surface area contributed by atoms with Crippen LogP contribution in [-0.4, -0.2) is 16.1 Å². The molecule has 1 fully saturated rings. The molecule has 0 radical (unpaired) electrons. The first kappa shape index (κ1) is 22.7. The summed E-state index contributed by atoms with van der Waals surface area (Å²) in [5.74, 6) is 3.04. The van der Waals surface area contributed by atoms with Gasteiger partial charge in [-0.1, -0.05) is 62.7 Å². The molecule has 2 atom stereocenters. The van der Waals surface area contributed by atoms with Gasteiger partial charge in [0.05, 0.1) is 11.0 Å². The maximum Gasteiger partial charge on any atom is 0.106 e. The van der Waals surface area contributed by atoms with Crippen LogP contribution in [0.2, 0.25) is 0 Å². The van der Waals surface area contributed by atoms with E-state index in [0.29, 0.717) is 11.8 Å². The van der Waals surface area contributed by atoms with Gasteiger partial charge in [0.2, 0.25) is 0 Å². The first-order chi connectivity index (χ1) is 16.5. The Balaban J connectivity index is 1.22. The van der Waals surface area contributed by atoms with Gasteiger partial charge in [0.1, 0.15) is 5.82 Å². The van der Waals surface area contributed by atoms with Gasteiger partial charge in [-0.15, -0.1) is 0 Å². The van der Waals surface area contributed by atoms with Gasteiger partial charge in [-0.05, 0) is 90.5 Å². The summed E-state index contributed by atoms with van der Waals surface area (Å²) in [7, 11) is 2.08. The quantitative estimate of drug-likeness (QED) is 0.321. The second-order valence-corrected chi connectivity index (χ2v) is 10.4. The molecule has 0 aliphatic heterocycles. The van der Waals surface area contributed by atoms with Crippen molar-refractivity contribution < 1.29 is 0 Å². The summed E-state index contributed by atoms with van der Waals surface area (Å²) < 4.78 is 2.15. The molecule has 1 N–H and O–H groups in total. The van der Waals surface area contributed by atoms with Crippen LogP contribution < -0.4 is 5.32 Å². The van der Waals surface area contributed by atoms with Gasteiger partial charge in [-0.2, -0.15) is 0 Å². The molecule has 1 aliphatic carbocycles. The summed E-state index contributed by atoms with van der Waals surface area (Å²) in [6.07, 6.45) is 5.23. The molecule has 34 heavy (non-hydrogen) atoms. The van der Waals surface area contributed by atoms with Crippen LogP contribution in [0.3, 0.4) is 0 Å². The minimum absolute atomic E-state index is 0.585. The summed E-state index contributed by atoms with van der Waals surface area (Å²) in [4.78, 5) is 4.71. The number of nitrogens with one attached hydrogen (secondary N) is 1. The SMILES string of the molecule is Cc1nc2cc(-c3ccc(C4CCCC(CNc5ccc(C(C)C)cc5)C4)cc3)ccc2n1C. The van der Waals surface area contributed by atoms with Crippen molar-refractivity contribution in [3.8, 4) is 11.1 Å². The number of anilines is 1. The molecule has 1 saturated carbocycles. The zero-order valence-corrected chi connectivity index (χ0v) is 21.0. The van der Waals surface area contributed by atoms with E-state index in [1.165, 1.54) is 59.1 Å². The molecule has 3 heteroatoms. The van der Waals surface area contributed by atoms with E-state index < -0.39 is 0 Å². The second-order valence-electron chi connectivity index (χ2n) is 10.4. The van der Waals surface area contributed by atoms with Crippen molar-refractivity contribution in [2.24, 2.45) is 13.0 Å². The molecular formula is C31H37N3. The van der Waals surface area contributed by atoms with E-state index in [9.17, 15) is 0 Å². The standard InChI is InChI=1S/C31H37N3/c1-21(2)24-12-15-29(16-13-24)32-20-23-6-5-7-27(18-23)25-8-10-26(11-9-25)28-14-17-31-30(19-28)33-22(3)34(31)4/h8-17,19,21,23,27,32H,5-7,18,20H2,1-4H3. The fraction of sp³-hybridized carbons (Fsp3) is 0.387. The lowest BCUT2D eigenvalue weighted by Crippen LogP contribution is -2.21. The van der Waals surface area contributed by atoms with Gasteiger partial charge >= 0.3 is 0 Å². The Morgan fingerprint density at radius 1 is 0.941 bits per heavy atom. The molecule has 0 saturated heterocycles. The largest absolute Gasteiger partial charge is 0.385 e. The number of aromatic nitrogens is 2. The van der Waals surface area contributed by atoms with E-state index in [2.05, 4.69) is 104 Å². The van der Waals surface area contributed by atoms with E-state index >= 15 is 0 Å². The van der Waals surface area contributed by atoms with Gasteiger partial charge in [0.25, 0.3) is 0 Å². The monoisotopic (exact) mass is 451 g/mol. The first-order valence-electron chi connectivity index (χ1n) is 12.8. The second kappa shape index (κ2) is 9.66. The van der Waals surface area contributed by atoms with Crippen molar-refractivity contribution in [2.75, 3.05) is 11.9 Å². The number of imidazole rings is 1. The Labute approximate surface area is 204 Å². The first-order valence-corrected chi connectivity index (χ1v) is 12.8. The number of benzene rings is 3. The minimum atomic E-state index is 0.585. The predicted octanol–water partition coefficient (Wildman–Crippen LogP) is 8.06. The van der Waals surface area contributed by atoms with Gasteiger partial charge in [-0.25, -0.2) is 4.98 Å². The van der Waals surface area contributed by atoms with E-state index in [0.717, 1.165) is 23.8 Å². The highest BCUT2D eigenvalue weighted by atomic mass is 15.0. The highest BCUT2D eigenvalue weighted by molar-refractivity contribution is 5.82. The number of nitrogens with zero attached hydrogens (tertiary/aromatic N) is 2. The molecule has 4 aromatic rings. The maximum absolute atomic E-state index is 4.71. The lowest BCUT2D eigenvalue weighted by Gasteiger charge is -2.30. The zero-order valence-electron chi connectivity index (χ0n) is 21.0.